The Bertz CT molecular complexity index is 826. The second-order valence-corrected chi connectivity index (χ2v) is 5.47. The van der Waals surface area contributed by atoms with Gasteiger partial charge in [0.25, 0.3) is 5.69 Å². The molecule has 0 fully saturated rings. The number of nitro benzene ring substituents is 1. The monoisotopic (exact) mass is 341 g/mol. The molecule has 0 spiro atoms. The molecule has 2 aromatic carbocycles. The average molecular weight is 341 g/mol. The number of hydrogen-bond acceptors (Lipinski definition) is 6. The smallest absolute Gasteiger partial charge is 0.266 e. The number of carbonyl (C=O) groups is 1. The van der Waals surface area contributed by atoms with Crippen LogP contribution in [-0.4, -0.2) is 31.9 Å². The van der Waals surface area contributed by atoms with Crippen molar-refractivity contribution >= 4 is 23.2 Å². The highest BCUT2D eigenvalue weighted by Gasteiger charge is 2.12. The first-order valence-electron chi connectivity index (χ1n) is 7.36. The summed E-state index contributed by atoms with van der Waals surface area (Å²) in [5, 5.41) is 22.7. The lowest BCUT2D eigenvalue weighted by molar-refractivity contribution is -0.398. The first-order chi connectivity index (χ1) is 11.8. The van der Waals surface area contributed by atoms with Gasteiger partial charge in [0.1, 0.15) is 5.75 Å². The lowest BCUT2D eigenvalue weighted by atomic mass is 10.1. The molecular weight excluding hydrogens is 324 g/mol. The third-order valence-electron chi connectivity index (χ3n) is 3.57. The van der Waals surface area contributed by atoms with E-state index in [0.29, 0.717) is 11.1 Å². The van der Waals surface area contributed by atoms with Gasteiger partial charge in [-0.3, -0.25) is 14.9 Å². The Balaban J connectivity index is 2.27. The van der Waals surface area contributed by atoms with E-state index in [1.165, 1.54) is 25.3 Å². The fraction of sp³-hybridized carbons (Fsp3) is 0.167. The summed E-state index contributed by atoms with van der Waals surface area (Å²) >= 11 is 0. The van der Waals surface area contributed by atoms with Crippen LogP contribution in [0, 0.1) is 10.1 Å². The molecule has 0 aliphatic rings. The molecule has 0 N–H and O–H groups in total. The molecule has 25 heavy (non-hydrogen) atoms. The zero-order valence-corrected chi connectivity index (χ0v) is 14.1. The fourth-order valence-corrected chi connectivity index (χ4v) is 2.18. The number of nitro groups is 1. The van der Waals surface area contributed by atoms with Gasteiger partial charge < -0.3 is 14.7 Å². The predicted octanol–water partition coefficient (Wildman–Crippen LogP) is 2.64. The van der Waals surface area contributed by atoms with E-state index in [4.69, 9.17) is 4.74 Å². The van der Waals surface area contributed by atoms with Gasteiger partial charge in [-0.25, -0.2) is 0 Å². The highest BCUT2D eigenvalue weighted by molar-refractivity contribution is 6.07. The molecule has 0 aromatic heterocycles. The van der Waals surface area contributed by atoms with Crippen LogP contribution in [0.1, 0.15) is 15.9 Å². The van der Waals surface area contributed by atoms with E-state index in [2.05, 4.69) is 0 Å². The van der Waals surface area contributed by atoms with Gasteiger partial charge in [0.15, 0.2) is 5.78 Å². The Labute approximate surface area is 144 Å². The molecule has 130 valence electrons. The van der Waals surface area contributed by atoms with E-state index in [1.54, 1.807) is 12.1 Å². The predicted molar refractivity (Wildman–Crippen MR) is 93.2 cm³/mol. The van der Waals surface area contributed by atoms with Crippen molar-refractivity contribution in [3.8, 4) is 11.5 Å². The summed E-state index contributed by atoms with van der Waals surface area (Å²) < 4.78 is 4.86. The third kappa shape index (κ3) is 4.14. The molecule has 2 rings (SSSR count). The van der Waals surface area contributed by atoms with Crippen LogP contribution in [0.5, 0.6) is 11.5 Å². The number of rotatable bonds is 6. The Hall–Kier alpha value is -3.35. The van der Waals surface area contributed by atoms with Gasteiger partial charge in [0, 0.05) is 37.2 Å². The second kappa shape index (κ2) is 7.48. The summed E-state index contributed by atoms with van der Waals surface area (Å²) in [6.07, 6.45) is 2.71. The Morgan fingerprint density at radius 2 is 1.84 bits per heavy atom. The minimum Gasteiger partial charge on any atom is -0.865 e. The molecule has 0 bridgehead atoms. The SMILES string of the molecule is COc1cc(/C=C/C(=O)c2ccc(N(C)C)cc2)cc([N+](=O)[O-])c1[O-]. The molecule has 0 unspecified atom stereocenters. The number of benzene rings is 2. The van der Waals surface area contributed by atoms with Gasteiger partial charge in [-0.05, 0) is 42.0 Å². The Kier molecular flexibility index (Phi) is 5.38. The van der Waals surface area contributed by atoms with Crippen molar-refractivity contribution in [1.82, 2.24) is 0 Å². The van der Waals surface area contributed by atoms with E-state index in [1.807, 2.05) is 31.1 Å². The Morgan fingerprint density at radius 1 is 1.20 bits per heavy atom. The van der Waals surface area contributed by atoms with Crippen LogP contribution in [0.2, 0.25) is 0 Å². The molecule has 0 amide bonds. The zero-order valence-electron chi connectivity index (χ0n) is 14.1. The first kappa shape index (κ1) is 18.0. The summed E-state index contributed by atoms with van der Waals surface area (Å²) in [5.41, 5.74) is 1.19. The van der Waals surface area contributed by atoms with Crippen LogP contribution in [0.15, 0.2) is 42.5 Å². The maximum absolute atomic E-state index is 12.2. The number of hydrogen-bond donors (Lipinski definition) is 0. The van der Waals surface area contributed by atoms with Crippen LogP contribution in [0.25, 0.3) is 6.08 Å². The van der Waals surface area contributed by atoms with Crippen molar-refractivity contribution in [3.63, 3.8) is 0 Å². The summed E-state index contributed by atoms with van der Waals surface area (Å²) in [5.74, 6) is -1.19. The lowest BCUT2D eigenvalue weighted by Gasteiger charge is -2.13. The standard InChI is InChI=1S/C18H18N2O5/c1-19(2)14-7-5-13(6-8-14)16(21)9-4-12-10-15(20(23)24)18(22)17(11-12)25-3/h4-11,22H,1-3H3/p-1/b9-4+. The van der Waals surface area contributed by atoms with Gasteiger partial charge in [0.05, 0.1) is 12.0 Å². The number of ketones is 1. The van der Waals surface area contributed by atoms with Gasteiger partial charge in [-0.2, -0.15) is 0 Å². The van der Waals surface area contributed by atoms with E-state index in [9.17, 15) is 20.0 Å². The summed E-state index contributed by atoms with van der Waals surface area (Å²) in [6.45, 7) is 0. The summed E-state index contributed by atoms with van der Waals surface area (Å²) in [4.78, 5) is 24.3. The number of allylic oxidation sites excluding steroid dienone is 1. The average Bonchev–Trinajstić information content (AvgIpc) is 2.60. The van der Waals surface area contributed by atoms with Crippen molar-refractivity contribution in [2.75, 3.05) is 26.1 Å². The molecule has 0 aliphatic carbocycles. The van der Waals surface area contributed by atoms with Crippen LogP contribution >= 0.6 is 0 Å². The molecule has 7 nitrogen and oxygen atoms in total. The van der Waals surface area contributed by atoms with Crippen molar-refractivity contribution < 1.29 is 19.6 Å². The second-order valence-electron chi connectivity index (χ2n) is 5.47. The number of anilines is 1. The highest BCUT2D eigenvalue weighted by Crippen LogP contribution is 2.34. The first-order valence-corrected chi connectivity index (χ1v) is 7.36. The maximum atomic E-state index is 12.2. The van der Waals surface area contributed by atoms with Crippen molar-refractivity contribution in [2.24, 2.45) is 0 Å². The highest BCUT2D eigenvalue weighted by atomic mass is 16.6. The molecule has 0 radical (unpaired) electrons. The third-order valence-corrected chi connectivity index (χ3v) is 3.57. The summed E-state index contributed by atoms with van der Waals surface area (Å²) in [6, 6.07) is 9.51. The lowest BCUT2D eigenvalue weighted by Crippen LogP contribution is -2.08. The fourth-order valence-electron chi connectivity index (χ4n) is 2.18. The molecule has 0 saturated heterocycles. The van der Waals surface area contributed by atoms with E-state index in [0.717, 1.165) is 11.8 Å². The van der Waals surface area contributed by atoms with Crippen molar-refractivity contribution in [1.29, 1.82) is 0 Å². The topological polar surface area (TPSA) is 95.7 Å². The van der Waals surface area contributed by atoms with Gasteiger partial charge in [-0.1, -0.05) is 6.08 Å². The molecule has 0 saturated carbocycles. The van der Waals surface area contributed by atoms with Crippen LogP contribution in [0.4, 0.5) is 11.4 Å². The number of ether oxygens (including phenoxy) is 1. The van der Waals surface area contributed by atoms with Gasteiger partial charge in [-0.15, -0.1) is 0 Å². The minimum absolute atomic E-state index is 0.142. The van der Waals surface area contributed by atoms with Crippen LogP contribution in [-0.2, 0) is 0 Å². The quantitative estimate of drug-likeness (QED) is 0.347. The summed E-state index contributed by atoms with van der Waals surface area (Å²) in [7, 11) is 5.05. The van der Waals surface area contributed by atoms with Crippen LogP contribution in [0.3, 0.4) is 0 Å². The number of methoxy groups -OCH3 is 1. The molecule has 0 atom stereocenters. The zero-order chi connectivity index (χ0) is 18.6. The molecule has 2 aromatic rings. The minimum atomic E-state index is -0.796. The number of carbonyl (C=O) groups excluding carboxylic acids is 1. The molecule has 7 heteroatoms. The molecular formula is C18H17N2O5-. The normalized spacial score (nSPS) is 10.7. The van der Waals surface area contributed by atoms with E-state index >= 15 is 0 Å². The largest absolute Gasteiger partial charge is 0.865 e. The van der Waals surface area contributed by atoms with Crippen molar-refractivity contribution in [3.05, 3.63) is 63.7 Å². The molecule has 0 aliphatic heterocycles. The van der Waals surface area contributed by atoms with Gasteiger partial charge in [0.2, 0.25) is 0 Å². The molecule has 0 heterocycles. The van der Waals surface area contributed by atoms with Crippen molar-refractivity contribution in [2.45, 2.75) is 0 Å². The van der Waals surface area contributed by atoms with E-state index in [-0.39, 0.29) is 11.5 Å². The Morgan fingerprint density at radius 3 is 2.36 bits per heavy atom. The maximum Gasteiger partial charge on any atom is 0.266 e. The van der Waals surface area contributed by atoms with Crippen LogP contribution < -0.4 is 14.7 Å². The van der Waals surface area contributed by atoms with E-state index < -0.39 is 16.4 Å². The number of nitrogens with zero attached hydrogens (tertiary/aromatic N) is 2. The van der Waals surface area contributed by atoms with Gasteiger partial charge >= 0.3 is 0 Å².